The normalized spacial score (nSPS) is 12.6. The van der Waals surface area contributed by atoms with Gasteiger partial charge in [0.2, 0.25) is 5.91 Å². The van der Waals surface area contributed by atoms with Crippen molar-refractivity contribution < 1.29 is 19.1 Å². The molecule has 29 heavy (non-hydrogen) atoms. The van der Waals surface area contributed by atoms with Gasteiger partial charge in [0, 0.05) is 12.6 Å². The molecule has 0 spiro atoms. The van der Waals surface area contributed by atoms with Crippen LogP contribution in [0.3, 0.4) is 0 Å². The van der Waals surface area contributed by atoms with Crippen LogP contribution in [0.2, 0.25) is 0 Å². The maximum absolute atomic E-state index is 13.0. The molecule has 0 heterocycles. The fourth-order valence-electron chi connectivity index (χ4n) is 2.76. The molecule has 0 radical (unpaired) electrons. The molecule has 2 amide bonds. The number of ether oxygens (including phenoxy) is 2. The van der Waals surface area contributed by atoms with Crippen molar-refractivity contribution in [2.45, 2.75) is 45.8 Å². The Kier molecular flexibility index (Phi) is 8.52. The van der Waals surface area contributed by atoms with E-state index in [9.17, 15) is 9.59 Å². The van der Waals surface area contributed by atoms with E-state index in [1.807, 2.05) is 56.3 Å². The molecule has 1 N–H and O–H groups in total. The summed E-state index contributed by atoms with van der Waals surface area (Å²) in [5, 5.41) is 2.95. The van der Waals surface area contributed by atoms with Gasteiger partial charge in [0.1, 0.15) is 17.5 Å². The Hall–Kier alpha value is -3.02. The van der Waals surface area contributed by atoms with E-state index in [0.717, 1.165) is 12.0 Å². The topological polar surface area (TPSA) is 67.9 Å². The predicted molar refractivity (Wildman–Crippen MR) is 113 cm³/mol. The van der Waals surface area contributed by atoms with Crippen LogP contribution in [-0.4, -0.2) is 42.5 Å². The molecule has 0 saturated carbocycles. The van der Waals surface area contributed by atoms with E-state index in [0.29, 0.717) is 11.5 Å². The lowest BCUT2D eigenvalue weighted by Crippen LogP contribution is -2.50. The third kappa shape index (κ3) is 6.82. The molecule has 0 fully saturated rings. The number of rotatable bonds is 10. The maximum Gasteiger partial charge on any atom is 0.261 e. The summed E-state index contributed by atoms with van der Waals surface area (Å²) in [5.74, 6) is 0.866. The molecule has 6 heteroatoms. The molecule has 156 valence electrons. The molecule has 0 aliphatic rings. The number of carbonyl (C=O) groups excluding carboxylic acids is 2. The summed E-state index contributed by atoms with van der Waals surface area (Å²) in [6.07, 6.45) is 0.819. The fourth-order valence-corrected chi connectivity index (χ4v) is 2.76. The molecular formula is C23H30N2O4. The van der Waals surface area contributed by atoms with Gasteiger partial charge in [-0.15, -0.1) is 0 Å². The van der Waals surface area contributed by atoms with Gasteiger partial charge >= 0.3 is 0 Å². The van der Waals surface area contributed by atoms with Crippen molar-refractivity contribution in [1.82, 2.24) is 10.2 Å². The number of methoxy groups -OCH3 is 1. The zero-order chi connectivity index (χ0) is 21.2. The second-order valence-corrected chi connectivity index (χ2v) is 6.97. The van der Waals surface area contributed by atoms with Crippen LogP contribution < -0.4 is 14.8 Å². The first-order valence-corrected chi connectivity index (χ1v) is 9.85. The van der Waals surface area contributed by atoms with Crippen LogP contribution in [0.15, 0.2) is 54.6 Å². The van der Waals surface area contributed by atoms with Crippen LogP contribution in [0.25, 0.3) is 0 Å². The molecule has 2 atom stereocenters. The van der Waals surface area contributed by atoms with Crippen molar-refractivity contribution in [3.63, 3.8) is 0 Å². The molecule has 2 rings (SSSR count). The van der Waals surface area contributed by atoms with E-state index in [1.54, 1.807) is 26.2 Å². The summed E-state index contributed by atoms with van der Waals surface area (Å²) in [6.45, 7) is 5.82. The zero-order valence-corrected chi connectivity index (χ0v) is 17.6. The minimum Gasteiger partial charge on any atom is -0.497 e. The predicted octanol–water partition coefficient (Wildman–Crippen LogP) is 3.41. The van der Waals surface area contributed by atoms with Crippen LogP contribution in [0.4, 0.5) is 0 Å². The third-order valence-electron chi connectivity index (χ3n) is 4.76. The SMILES string of the molecule is CCC(C)NC(=O)C(C)N(Cc1cccc(OC)c1)C(=O)COc1ccccc1. The highest BCUT2D eigenvalue weighted by Gasteiger charge is 2.27. The smallest absolute Gasteiger partial charge is 0.261 e. The van der Waals surface area contributed by atoms with E-state index in [-0.39, 0.29) is 31.0 Å². The number of nitrogens with one attached hydrogen (secondary N) is 1. The second kappa shape index (κ2) is 11.1. The molecule has 0 aliphatic carbocycles. The first-order chi connectivity index (χ1) is 13.9. The number of carbonyl (C=O) groups is 2. The summed E-state index contributed by atoms with van der Waals surface area (Å²) in [7, 11) is 1.60. The van der Waals surface area contributed by atoms with Gasteiger partial charge in [0.25, 0.3) is 5.91 Å². The third-order valence-corrected chi connectivity index (χ3v) is 4.76. The van der Waals surface area contributed by atoms with Crippen molar-refractivity contribution in [3.05, 3.63) is 60.2 Å². The quantitative estimate of drug-likeness (QED) is 0.666. The standard InChI is InChI=1S/C23H30N2O4/c1-5-17(2)24-23(27)18(3)25(15-19-10-9-13-21(14-19)28-4)22(26)16-29-20-11-7-6-8-12-20/h6-14,17-18H,5,15-16H2,1-4H3,(H,24,27). The molecule has 2 unspecified atom stereocenters. The van der Waals surface area contributed by atoms with E-state index in [1.165, 1.54) is 4.90 Å². The van der Waals surface area contributed by atoms with Gasteiger partial charge in [-0.3, -0.25) is 9.59 Å². The number of amides is 2. The Balaban J connectivity index is 2.16. The number of nitrogens with zero attached hydrogens (tertiary/aromatic N) is 1. The van der Waals surface area contributed by atoms with Gasteiger partial charge in [-0.25, -0.2) is 0 Å². The average molecular weight is 399 g/mol. The highest BCUT2D eigenvalue weighted by atomic mass is 16.5. The second-order valence-electron chi connectivity index (χ2n) is 6.97. The summed E-state index contributed by atoms with van der Waals surface area (Å²) in [5.41, 5.74) is 0.876. The van der Waals surface area contributed by atoms with Gasteiger partial charge in [0.05, 0.1) is 7.11 Å². The van der Waals surface area contributed by atoms with E-state index in [4.69, 9.17) is 9.47 Å². The van der Waals surface area contributed by atoms with Gasteiger partial charge in [-0.1, -0.05) is 37.3 Å². The zero-order valence-electron chi connectivity index (χ0n) is 17.6. The molecule has 6 nitrogen and oxygen atoms in total. The highest BCUT2D eigenvalue weighted by molar-refractivity contribution is 5.88. The van der Waals surface area contributed by atoms with Gasteiger partial charge in [0.15, 0.2) is 6.61 Å². The Labute approximate surface area is 172 Å². The van der Waals surface area contributed by atoms with Crippen molar-refractivity contribution >= 4 is 11.8 Å². The van der Waals surface area contributed by atoms with Crippen LogP contribution in [0.5, 0.6) is 11.5 Å². The van der Waals surface area contributed by atoms with Crippen LogP contribution in [0.1, 0.15) is 32.8 Å². The van der Waals surface area contributed by atoms with Crippen LogP contribution >= 0.6 is 0 Å². The Morgan fingerprint density at radius 3 is 2.38 bits per heavy atom. The minimum absolute atomic E-state index is 0.0410. The highest BCUT2D eigenvalue weighted by Crippen LogP contribution is 2.17. The minimum atomic E-state index is -0.637. The lowest BCUT2D eigenvalue weighted by molar-refractivity contribution is -0.142. The average Bonchev–Trinajstić information content (AvgIpc) is 2.76. The van der Waals surface area contributed by atoms with E-state index < -0.39 is 6.04 Å². The number of benzene rings is 2. The van der Waals surface area contributed by atoms with Crippen LogP contribution in [0, 0.1) is 0 Å². The lowest BCUT2D eigenvalue weighted by atomic mass is 10.1. The molecule has 0 aromatic heterocycles. The Morgan fingerprint density at radius 2 is 1.72 bits per heavy atom. The summed E-state index contributed by atoms with van der Waals surface area (Å²) >= 11 is 0. The van der Waals surface area contributed by atoms with E-state index >= 15 is 0 Å². The molecule has 2 aromatic carbocycles. The van der Waals surface area contributed by atoms with Crippen molar-refractivity contribution in [1.29, 1.82) is 0 Å². The monoisotopic (exact) mass is 398 g/mol. The first-order valence-electron chi connectivity index (χ1n) is 9.85. The van der Waals surface area contributed by atoms with Gasteiger partial charge in [-0.2, -0.15) is 0 Å². The first kappa shape index (κ1) is 22.3. The fraction of sp³-hybridized carbons (Fsp3) is 0.391. The largest absolute Gasteiger partial charge is 0.497 e. The van der Waals surface area contributed by atoms with Gasteiger partial charge in [-0.05, 0) is 50.1 Å². The van der Waals surface area contributed by atoms with Crippen molar-refractivity contribution in [2.24, 2.45) is 0 Å². The molecule has 0 aliphatic heterocycles. The Morgan fingerprint density at radius 1 is 1.03 bits per heavy atom. The lowest BCUT2D eigenvalue weighted by Gasteiger charge is -2.29. The molecule has 2 aromatic rings. The Bertz CT molecular complexity index is 794. The van der Waals surface area contributed by atoms with Crippen molar-refractivity contribution in [2.75, 3.05) is 13.7 Å². The van der Waals surface area contributed by atoms with E-state index in [2.05, 4.69) is 5.32 Å². The number of hydrogen-bond acceptors (Lipinski definition) is 4. The van der Waals surface area contributed by atoms with Gasteiger partial charge < -0.3 is 19.7 Å². The molecule has 0 saturated heterocycles. The maximum atomic E-state index is 13.0. The summed E-state index contributed by atoms with van der Waals surface area (Å²) in [4.78, 5) is 27.2. The van der Waals surface area contributed by atoms with Crippen LogP contribution in [-0.2, 0) is 16.1 Å². The molecular weight excluding hydrogens is 368 g/mol. The summed E-state index contributed by atoms with van der Waals surface area (Å²) in [6, 6.07) is 16.0. The summed E-state index contributed by atoms with van der Waals surface area (Å²) < 4.78 is 10.9. The van der Waals surface area contributed by atoms with Crippen molar-refractivity contribution in [3.8, 4) is 11.5 Å². The number of para-hydroxylation sites is 1. The molecule has 0 bridgehead atoms. The number of hydrogen-bond donors (Lipinski definition) is 1.